The van der Waals surface area contributed by atoms with E-state index in [1.807, 2.05) is 6.92 Å². The largest absolute Gasteiger partial charge is 0.485 e. The molecule has 0 bridgehead atoms. The molecule has 1 heterocycles. The minimum absolute atomic E-state index is 0.0540. The van der Waals surface area contributed by atoms with Gasteiger partial charge in [-0.25, -0.2) is 0 Å². The molecule has 0 saturated heterocycles. The molecule has 1 N–H and O–H groups in total. The monoisotopic (exact) mass is 292 g/mol. The van der Waals surface area contributed by atoms with Gasteiger partial charge in [-0.3, -0.25) is 4.98 Å². The van der Waals surface area contributed by atoms with Crippen LogP contribution in [0.15, 0.2) is 48.7 Å². The lowest BCUT2D eigenvalue weighted by Gasteiger charge is -2.17. The van der Waals surface area contributed by atoms with Gasteiger partial charge >= 0.3 is 5.92 Å². The van der Waals surface area contributed by atoms with Gasteiger partial charge in [-0.1, -0.05) is 37.3 Å². The Morgan fingerprint density at radius 1 is 1.14 bits per heavy atom. The molecule has 0 amide bonds. The molecular weight excluding hydrogens is 274 g/mol. The third-order valence-electron chi connectivity index (χ3n) is 2.97. The third-order valence-corrected chi connectivity index (χ3v) is 2.97. The average Bonchev–Trinajstić information content (AvgIpc) is 2.53. The van der Waals surface area contributed by atoms with E-state index < -0.39 is 12.5 Å². The fraction of sp³-hybridized carbons (Fsp3) is 0.312. The summed E-state index contributed by atoms with van der Waals surface area (Å²) in [7, 11) is 0. The Morgan fingerprint density at radius 2 is 1.90 bits per heavy atom. The molecule has 1 aromatic heterocycles. The predicted octanol–water partition coefficient (Wildman–Crippen LogP) is 3.36. The number of nitrogens with one attached hydrogen (secondary N) is 1. The van der Waals surface area contributed by atoms with Crippen LogP contribution >= 0.6 is 0 Å². The van der Waals surface area contributed by atoms with Crippen molar-refractivity contribution in [3.8, 4) is 5.75 Å². The standard InChI is InChI=1S/C16H18F2N2O/c1-2-19-10-14-8-9-15(11-20-14)21-12-16(17,18)13-6-4-3-5-7-13/h3-9,11,19H,2,10,12H2,1H3. The highest BCUT2D eigenvalue weighted by Crippen LogP contribution is 2.28. The first-order valence-electron chi connectivity index (χ1n) is 6.83. The maximum Gasteiger partial charge on any atom is 0.306 e. The lowest BCUT2D eigenvalue weighted by molar-refractivity contribution is -0.0468. The molecule has 3 nitrogen and oxygen atoms in total. The van der Waals surface area contributed by atoms with Crippen LogP contribution in [-0.2, 0) is 12.5 Å². The molecule has 0 fully saturated rings. The van der Waals surface area contributed by atoms with Crippen molar-refractivity contribution in [3.05, 3.63) is 59.9 Å². The summed E-state index contributed by atoms with van der Waals surface area (Å²) in [6, 6.07) is 11.1. The summed E-state index contributed by atoms with van der Waals surface area (Å²) in [4.78, 5) is 4.16. The first-order valence-corrected chi connectivity index (χ1v) is 6.83. The Balaban J connectivity index is 1.93. The zero-order valence-electron chi connectivity index (χ0n) is 11.9. The quantitative estimate of drug-likeness (QED) is 0.849. The van der Waals surface area contributed by atoms with E-state index in [0.717, 1.165) is 12.2 Å². The van der Waals surface area contributed by atoms with E-state index in [1.54, 1.807) is 30.3 Å². The molecular formula is C16H18F2N2O. The van der Waals surface area contributed by atoms with Crippen LogP contribution < -0.4 is 10.1 Å². The highest BCUT2D eigenvalue weighted by molar-refractivity contribution is 5.22. The number of rotatable bonds is 7. The van der Waals surface area contributed by atoms with Gasteiger partial charge in [0.2, 0.25) is 0 Å². The summed E-state index contributed by atoms with van der Waals surface area (Å²) in [5.41, 5.74) is 0.792. The van der Waals surface area contributed by atoms with Crippen LogP contribution in [0.4, 0.5) is 8.78 Å². The van der Waals surface area contributed by atoms with Gasteiger partial charge < -0.3 is 10.1 Å². The Labute approximate surface area is 123 Å². The van der Waals surface area contributed by atoms with E-state index in [2.05, 4.69) is 10.3 Å². The minimum Gasteiger partial charge on any atom is -0.485 e. The molecule has 0 unspecified atom stereocenters. The molecule has 2 rings (SSSR count). The second-order valence-electron chi connectivity index (χ2n) is 4.62. The number of hydrogen-bond acceptors (Lipinski definition) is 3. The van der Waals surface area contributed by atoms with E-state index in [4.69, 9.17) is 4.74 Å². The van der Waals surface area contributed by atoms with Gasteiger partial charge in [-0.05, 0) is 18.7 Å². The van der Waals surface area contributed by atoms with Crippen molar-refractivity contribution in [2.45, 2.75) is 19.4 Å². The van der Waals surface area contributed by atoms with Gasteiger partial charge in [0.1, 0.15) is 5.75 Å². The summed E-state index contributed by atoms with van der Waals surface area (Å²) in [6.07, 6.45) is 1.47. The van der Waals surface area contributed by atoms with Gasteiger partial charge in [0.05, 0.1) is 11.9 Å². The second-order valence-corrected chi connectivity index (χ2v) is 4.62. The maximum absolute atomic E-state index is 13.9. The van der Waals surface area contributed by atoms with Crippen LogP contribution in [0, 0.1) is 0 Å². The number of nitrogens with zero attached hydrogens (tertiary/aromatic N) is 1. The molecule has 5 heteroatoms. The van der Waals surface area contributed by atoms with Crippen molar-refractivity contribution in [2.24, 2.45) is 0 Å². The van der Waals surface area contributed by atoms with Gasteiger partial charge in [0, 0.05) is 12.1 Å². The molecule has 1 aromatic carbocycles. The molecule has 0 atom stereocenters. The summed E-state index contributed by atoms with van der Waals surface area (Å²) in [6.45, 7) is 2.80. The van der Waals surface area contributed by atoms with Gasteiger partial charge in [-0.15, -0.1) is 0 Å². The van der Waals surface area contributed by atoms with Crippen molar-refractivity contribution in [2.75, 3.05) is 13.2 Å². The SMILES string of the molecule is CCNCc1ccc(OCC(F)(F)c2ccccc2)cn1. The number of hydrogen-bond donors (Lipinski definition) is 1. The fourth-order valence-electron chi connectivity index (χ4n) is 1.79. The van der Waals surface area contributed by atoms with E-state index in [1.165, 1.54) is 18.3 Å². The number of halogens is 2. The van der Waals surface area contributed by atoms with E-state index in [0.29, 0.717) is 12.3 Å². The summed E-state index contributed by atoms with van der Waals surface area (Å²) in [5.74, 6) is -2.69. The highest BCUT2D eigenvalue weighted by atomic mass is 19.3. The second kappa shape index (κ2) is 7.13. The van der Waals surface area contributed by atoms with Crippen LogP contribution in [0.25, 0.3) is 0 Å². The molecule has 0 saturated carbocycles. The van der Waals surface area contributed by atoms with Gasteiger partial charge in [0.15, 0.2) is 6.61 Å². The minimum atomic E-state index is -3.02. The van der Waals surface area contributed by atoms with Crippen LogP contribution in [0.3, 0.4) is 0 Å². The Kier molecular flexibility index (Phi) is 5.22. The van der Waals surface area contributed by atoms with E-state index in [9.17, 15) is 8.78 Å². The normalized spacial score (nSPS) is 11.4. The Hall–Kier alpha value is -2.01. The maximum atomic E-state index is 13.9. The van der Waals surface area contributed by atoms with Gasteiger partial charge in [0.25, 0.3) is 0 Å². The fourth-order valence-corrected chi connectivity index (χ4v) is 1.79. The molecule has 2 aromatic rings. The topological polar surface area (TPSA) is 34.1 Å². The number of benzene rings is 1. The molecule has 21 heavy (non-hydrogen) atoms. The summed E-state index contributed by atoms with van der Waals surface area (Å²) >= 11 is 0. The highest BCUT2D eigenvalue weighted by Gasteiger charge is 2.32. The number of aromatic nitrogens is 1. The van der Waals surface area contributed by atoms with Crippen molar-refractivity contribution < 1.29 is 13.5 Å². The summed E-state index contributed by atoms with van der Waals surface area (Å²) < 4.78 is 33.0. The summed E-state index contributed by atoms with van der Waals surface area (Å²) in [5, 5.41) is 3.14. The van der Waals surface area contributed by atoms with Crippen molar-refractivity contribution in [1.82, 2.24) is 10.3 Å². The zero-order valence-corrected chi connectivity index (χ0v) is 11.9. The lowest BCUT2D eigenvalue weighted by atomic mass is 10.1. The molecule has 0 spiro atoms. The lowest BCUT2D eigenvalue weighted by Crippen LogP contribution is -2.23. The first-order chi connectivity index (χ1) is 10.1. The average molecular weight is 292 g/mol. The zero-order chi connectivity index (χ0) is 15.1. The predicted molar refractivity (Wildman–Crippen MR) is 77.4 cm³/mol. The molecule has 112 valence electrons. The van der Waals surface area contributed by atoms with Gasteiger partial charge in [-0.2, -0.15) is 8.78 Å². The van der Waals surface area contributed by atoms with E-state index in [-0.39, 0.29) is 5.56 Å². The third kappa shape index (κ3) is 4.49. The van der Waals surface area contributed by atoms with Crippen LogP contribution in [0.5, 0.6) is 5.75 Å². The van der Waals surface area contributed by atoms with Crippen molar-refractivity contribution in [1.29, 1.82) is 0 Å². The van der Waals surface area contributed by atoms with Crippen molar-refractivity contribution >= 4 is 0 Å². The molecule has 0 aliphatic carbocycles. The van der Waals surface area contributed by atoms with Crippen LogP contribution in [0.2, 0.25) is 0 Å². The number of ether oxygens (including phenoxy) is 1. The Bertz CT molecular complexity index is 544. The van der Waals surface area contributed by atoms with E-state index >= 15 is 0 Å². The van der Waals surface area contributed by atoms with Crippen LogP contribution in [-0.4, -0.2) is 18.1 Å². The molecule has 0 aliphatic heterocycles. The smallest absolute Gasteiger partial charge is 0.306 e. The van der Waals surface area contributed by atoms with Crippen molar-refractivity contribution in [3.63, 3.8) is 0 Å². The number of pyridine rings is 1. The van der Waals surface area contributed by atoms with Crippen LogP contribution in [0.1, 0.15) is 18.2 Å². The molecule has 0 radical (unpaired) electrons. The number of alkyl halides is 2. The first kappa shape index (κ1) is 15.4. The Morgan fingerprint density at radius 3 is 2.52 bits per heavy atom. The molecule has 0 aliphatic rings.